The maximum Gasteiger partial charge on any atom is 0.123 e. The van der Waals surface area contributed by atoms with Crippen molar-refractivity contribution in [3.63, 3.8) is 0 Å². The zero-order valence-electron chi connectivity index (χ0n) is 11.4. The number of anilines is 2. The Morgan fingerprint density at radius 3 is 2.61 bits per heavy atom. The van der Waals surface area contributed by atoms with Gasteiger partial charge in [-0.05, 0) is 39.7 Å². The lowest BCUT2D eigenvalue weighted by Crippen LogP contribution is -2.16. The van der Waals surface area contributed by atoms with Crippen LogP contribution in [0.15, 0.2) is 18.2 Å². The number of aliphatic hydroxyl groups excluding tert-OH is 1. The number of rotatable bonds is 7. The highest BCUT2D eigenvalue weighted by Gasteiger charge is 2.05. The Morgan fingerprint density at radius 1 is 1.28 bits per heavy atom. The summed E-state index contributed by atoms with van der Waals surface area (Å²) in [4.78, 5) is 0. The molecule has 0 radical (unpaired) electrons. The fraction of sp³-hybridized carbons (Fsp3) is 0.571. The van der Waals surface area contributed by atoms with Crippen LogP contribution in [-0.2, 0) is 0 Å². The number of benzene rings is 1. The fourth-order valence-corrected chi connectivity index (χ4v) is 1.80. The van der Waals surface area contributed by atoms with E-state index in [0.29, 0.717) is 11.7 Å². The first-order valence-corrected chi connectivity index (χ1v) is 6.46. The summed E-state index contributed by atoms with van der Waals surface area (Å²) in [6.07, 6.45) is 1.85. The van der Waals surface area contributed by atoms with Crippen molar-refractivity contribution in [1.29, 1.82) is 0 Å². The van der Waals surface area contributed by atoms with E-state index in [9.17, 15) is 0 Å². The van der Waals surface area contributed by atoms with Gasteiger partial charge in [0.1, 0.15) is 5.75 Å². The predicted molar refractivity (Wildman–Crippen MR) is 76.0 cm³/mol. The van der Waals surface area contributed by atoms with Gasteiger partial charge in [0.05, 0.1) is 6.10 Å². The van der Waals surface area contributed by atoms with Crippen molar-refractivity contribution in [3.8, 4) is 5.75 Å². The van der Waals surface area contributed by atoms with Crippen molar-refractivity contribution in [2.75, 3.05) is 17.7 Å². The van der Waals surface area contributed by atoms with E-state index in [0.717, 1.165) is 24.3 Å². The highest BCUT2D eigenvalue weighted by atomic mass is 16.5. The molecule has 0 fully saturated rings. The molecule has 0 bridgehead atoms. The summed E-state index contributed by atoms with van der Waals surface area (Å²) >= 11 is 0. The minimum Gasteiger partial charge on any atom is -0.491 e. The molecule has 0 heterocycles. The third-order valence-electron chi connectivity index (χ3n) is 2.51. The van der Waals surface area contributed by atoms with E-state index in [-0.39, 0.29) is 12.7 Å². The largest absolute Gasteiger partial charge is 0.491 e. The first kappa shape index (κ1) is 14.6. The second kappa shape index (κ2) is 7.11. The Kier molecular flexibility index (Phi) is 5.78. The van der Waals surface area contributed by atoms with Gasteiger partial charge in [0, 0.05) is 36.2 Å². The predicted octanol–water partition coefficient (Wildman–Crippen LogP) is 2.63. The van der Waals surface area contributed by atoms with E-state index in [1.54, 1.807) is 0 Å². The van der Waals surface area contributed by atoms with Gasteiger partial charge in [-0.3, -0.25) is 0 Å². The van der Waals surface area contributed by atoms with Crippen LogP contribution in [-0.4, -0.2) is 23.9 Å². The molecule has 0 aliphatic carbocycles. The highest BCUT2D eigenvalue weighted by Crippen LogP contribution is 2.24. The van der Waals surface area contributed by atoms with Gasteiger partial charge in [0.2, 0.25) is 0 Å². The molecule has 1 unspecified atom stereocenters. The highest BCUT2D eigenvalue weighted by molar-refractivity contribution is 5.59. The summed E-state index contributed by atoms with van der Waals surface area (Å²) < 4.78 is 5.64. The van der Waals surface area contributed by atoms with Crippen molar-refractivity contribution < 1.29 is 9.84 Å². The number of aliphatic hydroxyl groups is 1. The Hall–Kier alpha value is -1.42. The number of hydrogen-bond acceptors (Lipinski definition) is 4. The van der Waals surface area contributed by atoms with Crippen LogP contribution in [0.5, 0.6) is 5.75 Å². The molecule has 102 valence electrons. The second-order valence-electron chi connectivity index (χ2n) is 4.87. The zero-order chi connectivity index (χ0) is 13.5. The van der Waals surface area contributed by atoms with Gasteiger partial charge in [0.25, 0.3) is 0 Å². The number of hydrogen-bond donors (Lipinski definition) is 3. The van der Waals surface area contributed by atoms with E-state index in [1.807, 2.05) is 32.0 Å². The minimum absolute atomic E-state index is 0.131. The van der Waals surface area contributed by atoms with Crippen LogP contribution in [0.1, 0.15) is 33.6 Å². The molecule has 0 aliphatic heterocycles. The average Bonchev–Trinajstić information content (AvgIpc) is 2.24. The van der Waals surface area contributed by atoms with Crippen LogP contribution in [0, 0.1) is 0 Å². The van der Waals surface area contributed by atoms with Crippen molar-refractivity contribution in [2.24, 2.45) is 0 Å². The Balaban J connectivity index is 2.67. The van der Waals surface area contributed by atoms with E-state index in [2.05, 4.69) is 12.2 Å². The maximum atomic E-state index is 8.80. The van der Waals surface area contributed by atoms with Gasteiger partial charge in [-0.2, -0.15) is 0 Å². The fourth-order valence-electron chi connectivity index (χ4n) is 1.80. The molecule has 0 amide bonds. The molecule has 1 aromatic rings. The molecule has 0 aromatic heterocycles. The topological polar surface area (TPSA) is 67.5 Å². The van der Waals surface area contributed by atoms with Gasteiger partial charge in [-0.15, -0.1) is 0 Å². The Bertz CT molecular complexity index is 367. The van der Waals surface area contributed by atoms with Crippen molar-refractivity contribution in [1.82, 2.24) is 0 Å². The monoisotopic (exact) mass is 252 g/mol. The number of nitrogen functional groups attached to an aromatic ring is 1. The zero-order valence-corrected chi connectivity index (χ0v) is 11.4. The van der Waals surface area contributed by atoms with E-state index >= 15 is 0 Å². The Morgan fingerprint density at radius 2 is 2.00 bits per heavy atom. The molecule has 0 spiro atoms. The van der Waals surface area contributed by atoms with Crippen LogP contribution in [0.2, 0.25) is 0 Å². The molecular formula is C14H24N2O2. The van der Waals surface area contributed by atoms with Crippen LogP contribution in [0.4, 0.5) is 11.4 Å². The molecule has 1 rings (SSSR count). The Labute approximate surface area is 109 Å². The molecule has 18 heavy (non-hydrogen) atoms. The molecule has 1 atom stereocenters. The van der Waals surface area contributed by atoms with Crippen LogP contribution < -0.4 is 15.8 Å². The maximum absolute atomic E-state index is 8.80. The molecule has 0 saturated carbocycles. The van der Waals surface area contributed by atoms with E-state index in [1.165, 1.54) is 0 Å². The van der Waals surface area contributed by atoms with E-state index < -0.39 is 0 Å². The van der Waals surface area contributed by atoms with Crippen molar-refractivity contribution in [3.05, 3.63) is 18.2 Å². The standard InChI is InChI=1S/C14H24N2O2/c1-10(2)18-14-8-12(15)7-13(9-14)16-11(3)5-4-6-17/h7-11,16-17H,4-6,15H2,1-3H3. The first-order valence-electron chi connectivity index (χ1n) is 6.46. The van der Waals surface area contributed by atoms with Crippen LogP contribution in [0.3, 0.4) is 0 Å². The summed E-state index contributed by atoms with van der Waals surface area (Å²) in [6.45, 7) is 6.28. The third-order valence-corrected chi connectivity index (χ3v) is 2.51. The van der Waals surface area contributed by atoms with Crippen LogP contribution in [0.25, 0.3) is 0 Å². The second-order valence-corrected chi connectivity index (χ2v) is 4.87. The summed E-state index contributed by atoms with van der Waals surface area (Å²) in [5.41, 5.74) is 7.49. The lowest BCUT2D eigenvalue weighted by Gasteiger charge is -2.17. The van der Waals surface area contributed by atoms with Crippen LogP contribution >= 0.6 is 0 Å². The first-order chi connectivity index (χ1) is 8.51. The SMILES string of the molecule is CC(CCCO)Nc1cc(N)cc(OC(C)C)c1. The smallest absolute Gasteiger partial charge is 0.123 e. The summed E-state index contributed by atoms with van der Waals surface area (Å²) in [7, 11) is 0. The quantitative estimate of drug-likeness (QED) is 0.653. The number of nitrogens with one attached hydrogen (secondary N) is 1. The van der Waals surface area contributed by atoms with Gasteiger partial charge in [-0.1, -0.05) is 0 Å². The summed E-state index contributed by atoms with van der Waals surface area (Å²) in [5.74, 6) is 0.779. The van der Waals surface area contributed by atoms with Crippen molar-refractivity contribution >= 4 is 11.4 Å². The number of ether oxygens (including phenoxy) is 1. The normalized spacial score (nSPS) is 12.5. The summed E-state index contributed by atoms with van der Waals surface area (Å²) in [6, 6.07) is 5.96. The molecule has 4 nitrogen and oxygen atoms in total. The molecule has 1 aromatic carbocycles. The van der Waals surface area contributed by atoms with Gasteiger partial charge in [-0.25, -0.2) is 0 Å². The lowest BCUT2D eigenvalue weighted by atomic mass is 10.1. The molecule has 0 saturated heterocycles. The van der Waals surface area contributed by atoms with Gasteiger partial charge >= 0.3 is 0 Å². The summed E-state index contributed by atoms with van der Waals surface area (Å²) in [5, 5.41) is 12.2. The molecular weight excluding hydrogens is 228 g/mol. The lowest BCUT2D eigenvalue weighted by molar-refractivity contribution is 0.242. The van der Waals surface area contributed by atoms with E-state index in [4.69, 9.17) is 15.6 Å². The van der Waals surface area contributed by atoms with Crippen molar-refractivity contribution in [2.45, 2.75) is 45.8 Å². The minimum atomic E-state index is 0.131. The molecule has 0 aliphatic rings. The number of nitrogens with two attached hydrogens (primary N) is 1. The van der Waals surface area contributed by atoms with Gasteiger partial charge < -0.3 is 20.9 Å². The third kappa shape index (κ3) is 5.27. The molecule has 4 N–H and O–H groups in total. The van der Waals surface area contributed by atoms with Gasteiger partial charge in [0.15, 0.2) is 0 Å². The molecule has 4 heteroatoms. The average molecular weight is 252 g/mol.